The van der Waals surface area contributed by atoms with Crippen molar-refractivity contribution in [2.75, 3.05) is 12.4 Å². The highest BCUT2D eigenvalue weighted by Gasteiger charge is 2.43. The van der Waals surface area contributed by atoms with Crippen molar-refractivity contribution in [2.24, 2.45) is 11.1 Å². The summed E-state index contributed by atoms with van der Waals surface area (Å²) in [7, 11) is 1.60. The maximum Gasteiger partial charge on any atom is 0.231 e. The Morgan fingerprint density at radius 2 is 2.26 bits per heavy atom. The van der Waals surface area contributed by atoms with Crippen molar-refractivity contribution in [1.82, 2.24) is 0 Å². The van der Waals surface area contributed by atoms with Gasteiger partial charge in [-0.15, -0.1) is 0 Å². The number of hydrogen-bond acceptors (Lipinski definition) is 3. The minimum Gasteiger partial charge on any atom is -0.495 e. The monoisotopic (exact) mass is 262 g/mol. The topological polar surface area (TPSA) is 64.3 Å². The van der Waals surface area contributed by atoms with Crippen molar-refractivity contribution in [3.63, 3.8) is 0 Å². The van der Waals surface area contributed by atoms with Crippen molar-refractivity contribution in [3.8, 4) is 5.75 Å². The van der Waals surface area contributed by atoms with Crippen molar-refractivity contribution in [3.05, 3.63) is 23.8 Å². The number of amides is 1. The van der Waals surface area contributed by atoms with Crippen LogP contribution in [0.4, 0.5) is 5.69 Å². The van der Waals surface area contributed by atoms with Gasteiger partial charge in [0.1, 0.15) is 5.75 Å². The Labute approximate surface area is 114 Å². The molecule has 0 bridgehead atoms. The molecule has 0 heterocycles. The summed E-state index contributed by atoms with van der Waals surface area (Å²) in [5, 5.41) is 2.96. The summed E-state index contributed by atoms with van der Waals surface area (Å²) in [6.07, 6.45) is 2.76. The SMILES string of the molecule is COc1cc(C)ccc1NC(=O)C1(C)CCCC1N. The molecule has 1 amide bonds. The summed E-state index contributed by atoms with van der Waals surface area (Å²) in [5.41, 5.74) is 7.40. The van der Waals surface area contributed by atoms with Crippen LogP contribution in [0.25, 0.3) is 0 Å². The van der Waals surface area contributed by atoms with Crippen LogP contribution in [0.1, 0.15) is 31.7 Å². The largest absolute Gasteiger partial charge is 0.495 e. The summed E-state index contributed by atoms with van der Waals surface area (Å²) >= 11 is 0. The third-order valence-corrected chi connectivity index (χ3v) is 4.15. The second kappa shape index (κ2) is 5.21. The van der Waals surface area contributed by atoms with Gasteiger partial charge < -0.3 is 15.8 Å². The average Bonchev–Trinajstić information content (AvgIpc) is 2.73. The lowest BCUT2D eigenvalue weighted by Crippen LogP contribution is -2.44. The summed E-state index contributed by atoms with van der Waals surface area (Å²) in [6, 6.07) is 5.67. The Bertz CT molecular complexity index is 487. The van der Waals surface area contributed by atoms with E-state index in [2.05, 4.69) is 5.32 Å². The van der Waals surface area contributed by atoms with Crippen molar-refractivity contribution >= 4 is 11.6 Å². The van der Waals surface area contributed by atoms with Crippen LogP contribution >= 0.6 is 0 Å². The predicted molar refractivity (Wildman–Crippen MR) is 76.3 cm³/mol. The second-order valence-corrected chi connectivity index (χ2v) is 5.57. The Morgan fingerprint density at radius 1 is 1.53 bits per heavy atom. The zero-order valence-electron chi connectivity index (χ0n) is 11.8. The second-order valence-electron chi connectivity index (χ2n) is 5.57. The van der Waals surface area contributed by atoms with Gasteiger partial charge in [0.25, 0.3) is 0 Å². The molecule has 1 aromatic rings. The standard InChI is InChI=1S/C15H22N2O2/c1-10-6-7-11(12(9-10)19-3)17-14(18)15(2)8-4-5-13(15)16/h6-7,9,13H,4-5,8,16H2,1-3H3,(H,17,18). The fourth-order valence-corrected chi connectivity index (χ4v) is 2.64. The molecule has 4 nitrogen and oxygen atoms in total. The Morgan fingerprint density at radius 3 is 2.84 bits per heavy atom. The van der Waals surface area contributed by atoms with Crippen LogP contribution in [-0.2, 0) is 4.79 Å². The van der Waals surface area contributed by atoms with E-state index >= 15 is 0 Å². The van der Waals surface area contributed by atoms with Gasteiger partial charge in [-0.25, -0.2) is 0 Å². The van der Waals surface area contributed by atoms with Gasteiger partial charge in [0.15, 0.2) is 0 Å². The molecule has 2 unspecified atom stereocenters. The van der Waals surface area contributed by atoms with E-state index in [1.807, 2.05) is 32.0 Å². The van der Waals surface area contributed by atoms with E-state index in [9.17, 15) is 4.79 Å². The summed E-state index contributed by atoms with van der Waals surface area (Å²) < 4.78 is 5.30. The zero-order chi connectivity index (χ0) is 14.0. The molecule has 2 rings (SSSR count). The minimum atomic E-state index is -0.476. The van der Waals surface area contributed by atoms with E-state index in [0.717, 1.165) is 24.8 Å². The molecule has 1 aromatic carbocycles. The minimum absolute atomic E-state index is 0.0142. The van der Waals surface area contributed by atoms with Gasteiger partial charge in [0.05, 0.1) is 18.2 Å². The number of carbonyl (C=O) groups excluding carboxylic acids is 1. The first-order valence-corrected chi connectivity index (χ1v) is 6.69. The van der Waals surface area contributed by atoms with Crippen LogP contribution in [0.15, 0.2) is 18.2 Å². The van der Waals surface area contributed by atoms with Gasteiger partial charge in [-0.2, -0.15) is 0 Å². The quantitative estimate of drug-likeness (QED) is 0.879. The Kier molecular flexibility index (Phi) is 3.80. The summed E-state index contributed by atoms with van der Waals surface area (Å²) in [6.45, 7) is 3.93. The molecule has 1 saturated carbocycles. The van der Waals surface area contributed by atoms with Crippen molar-refractivity contribution in [1.29, 1.82) is 0 Å². The lowest BCUT2D eigenvalue weighted by Gasteiger charge is -2.27. The molecular formula is C15H22N2O2. The van der Waals surface area contributed by atoms with Crippen LogP contribution in [0.3, 0.4) is 0 Å². The van der Waals surface area contributed by atoms with Crippen molar-refractivity contribution in [2.45, 2.75) is 39.2 Å². The molecule has 0 spiro atoms. The lowest BCUT2D eigenvalue weighted by molar-refractivity contribution is -0.125. The molecule has 1 aliphatic carbocycles. The number of benzene rings is 1. The van der Waals surface area contributed by atoms with Gasteiger partial charge in [-0.1, -0.05) is 12.5 Å². The van der Waals surface area contributed by atoms with E-state index < -0.39 is 5.41 Å². The molecule has 3 N–H and O–H groups in total. The highest BCUT2D eigenvalue weighted by Crippen LogP contribution is 2.38. The van der Waals surface area contributed by atoms with Gasteiger partial charge in [-0.3, -0.25) is 4.79 Å². The number of anilines is 1. The van der Waals surface area contributed by atoms with Gasteiger partial charge in [0, 0.05) is 6.04 Å². The first-order chi connectivity index (χ1) is 8.97. The number of nitrogens with one attached hydrogen (secondary N) is 1. The number of hydrogen-bond donors (Lipinski definition) is 2. The lowest BCUT2D eigenvalue weighted by atomic mass is 9.84. The maximum atomic E-state index is 12.5. The van der Waals surface area contributed by atoms with E-state index in [1.54, 1.807) is 7.11 Å². The smallest absolute Gasteiger partial charge is 0.231 e. The predicted octanol–water partition coefficient (Wildman–Crippen LogP) is 2.46. The molecule has 19 heavy (non-hydrogen) atoms. The van der Waals surface area contributed by atoms with E-state index in [1.165, 1.54) is 0 Å². The number of rotatable bonds is 3. The fourth-order valence-electron chi connectivity index (χ4n) is 2.64. The third-order valence-electron chi connectivity index (χ3n) is 4.15. The average molecular weight is 262 g/mol. The molecule has 104 valence electrons. The molecular weight excluding hydrogens is 240 g/mol. The number of methoxy groups -OCH3 is 1. The fraction of sp³-hybridized carbons (Fsp3) is 0.533. The third kappa shape index (κ3) is 2.59. The van der Waals surface area contributed by atoms with Crippen LogP contribution in [0.5, 0.6) is 5.75 Å². The molecule has 1 fully saturated rings. The van der Waals surface area contributed by atoms with Crippen molar-refractivity contribution < 1.29 is 9.53 Å². The van der Waals surface area contributed by atoms with E-state index in [4.69, 9.17) is 10.5 Å². The van der Waals surface area contributed by atoms with Crippen LogP contribution < -0.4 is 15.8 Å². The molecule has 0 saturated heterocycles. The normalized spacial score (nSPS) is 26.2. The molecule has 0 radical (unpaired) electrons. The summed E-state index contributed by atoms with van der Waals surface area (Å²) in [4.78, 5) is 12.5. The molecule has 1 aliphatic rings. The Balaban J connectivity index is 2.19. The zero-order valence-corrected chi connectivity index (χ0v) is 11.8. The molecule has 0 aliphatic heterocycles. The summed E-state index contributed by atoms with van der Waals surface area (Å²) in [5.74, 6) is 0.670. The Hall–Kier alpha value is -1.55. The maximum absolute atomic E-state index is 12.5. The van der Waals surface area contributed by atoms with E-state index in [0.29, 0.717) is 11.4 Å². The van der Waals surface area contributed by atoms with Crippen LogP contribution in [0.2, 0.25) is 0 Å². The molecule has 2 atom stereocenters. The van der Waals surface area contributed by atoms with Gasteiger partial charge in [0.2, 0.25) is 5.91 Å². The van der Waals surface area contributed by atoms with E-state index in [-0.39, 0.29) is 11.9 Å². The molecule has 4 heteroatoms. The van der Waals surface area contributed by atoms with Crippen LogP contribution in [0, 0.1) is 12.3 Å². The first-order valence-electron chi connectivity index (χ1n) is 6.69. The number of carbonyl (C=O) groups is 1. The number of nitrogens with two attached hydrogens (primary N) is 1. The van der Waals surface area contributed by atoms with Gasteiger partial charge in [-0.05, 0) is 44.4 Å². The number of ether oxygens (including phenoxy) is 1. The molecule has 0 aromatic heterocycles. The number of aryl methyl sites for hydroxylation is 1. The first kappa shape index (κ1) is 13.9. The highest BCUT2D eigenvalue weighted by molar-refractivity contribution is 5.97. The highest BCUT2D eigenvalue weighted by atomic mass is 16.5. The van der Waals surface area contributed by atoms with Crippen LogP contribution in [-0.4, -0.2) is 19.1 Å². The van der Waals surface area contributed by atoms with Gasteiger partial charge >= 0.3 is 0 Å².